The maximum absolute atomic E-state index is 13.6. The summed E-state index contributed by atoms with van der Waals surface area (Å²) in [5, 5.41) is 4.02. The van der Waals surface area contributed by atoms with Gasteiger partial charge in [-0.05, 0) is 53.5 Å². The van der Waals surface area contributed by atoms with Gasteiger partial charge >= 0.3 is 5.97 Å². The van der Waals surface area contributed by atoms with Gasteiger partial charge in [0.05, 0.1) is 0 Å². The Bertz CT molecular complexity index is 1060. The van der Waals surface area contributed by atoms with E-state index in [0.717, 1.165) is 38.5 Å². The second-order valence-electron chi connectivity index (χ2n) is 9.69. The van der Waals surface area contributed by atoms with Crippen molar-refractivity contribution in [2.24, 2.45) is 11.1 Å². The van der Waals surface area contributed by atoms with Gasteiger partial charge in [-0.25, -0.2) is 4.79 Å². The molecule has 4 nitrogen and oxygen atoms in total. The summed E-state index contributed by atoms with van der Waals surface area (Å²) in [7, 11) is 0. The van der Waals surface area contributed by atoms with Gasteiger partial charge in [0.15, 0.2) is 0 Å². The van der Waals surface area contributed by atoms with Crippen molar-refractivity contribution in [2.45, 2.75) is 84.0 Å². The third kappa shape index (κ3) is 4.53. The number of oxime groups is 1. The Hall–Kier alpha value is -2.75. The maximum atomic E-state index is 13.6. The molecule has 2 aliphatic carbocycles. The number of fused-ring (bicyclic) bond motifs is 3. The minimum Gasteiger partial charge on any atom is -0.318 e. The fourth-order valence-electron chi connectivity index (χ4n) is 6.06. The van der Waals surface area contributed by atoms with Gasteiger partial charge < -0.3 is 4.84 Å². The van der Waals surface area contributed by atoms with Crippen LogP contribution in [0.3, 0.4) is 0 Å². The quantitative estimate of drug-likeness (QED) is 0.177. The minimum atomic E-state index is -0.499. The molecule has 0 spiro atoms. The summed E-state index contributed by atoms with van der Waals surface area (Å²) in [5.74, 6) is -0.189. The summed E-state index contributed by atoms with van der Waals surface area (Å²) in [4.78, 5) is 30.0. The summed E-state index contributed by atoms with van der Waals surface area (Å²) >= 11 is 0. The lowest BCUT2D eigenvalue weighted by Crippen LogP contribution is -2.26. The van der Waals surface area contributed by atoms with E-state index in [1.807, 2.05) is 6.07 Å². The van der Waals surface area contributed by atoms with Crippen LogP contribution in [-0.2, 0) is 15.0 Å². The summed E-state index contributed by atoms with van der Waals surface area (Å²) < 4.78 is 0. The largest absolute Gasteiger partial charge is 0.331 e. The van der Waals surface area contributed by atoms with E-state index in [-0.39, 0.29) is 11.2 Å². The number of Topliss-reactive ketones (excluding diaryl/α,β-unsaturated/α-hetero) is 1. The van der Waals surface area contributed by atoms with Gasteiger partial charge in [0, 0.05) is 17.9 Å². The van der Waals surface area contributed by atoms with Crippen LogP contribution in [-0.4, -0.2) is 17.5 Å². The highest BCUT2D eigenvalue weighted by Gasteiger charge is 2.42. The number of hydrogen-bond donors (Lipinski definition) is 0. The second kappa shape index (κ2) is 10.0. The van der Waals surface area contributed by atoms with Gasteiger partial charge in [-0.3, -0.25) is 4.79 Å². The van der Waals surface area contributed by atoms with E-state index in [1.165, 1.54) is 42.0 Å². The highest BCUT2D eigenvalue weighted by Crippen LogP contribution is 2.53. The number of benzene rings is 2. The molecule has 0 aromatic heterocycles. The average molecular weight is 446 g/mol. The molecule has 0 amide bonds. The van der Waals surface area contributed by atoms with Crippen LogP contribution in [0.25, 0.3) is 11.1 Å². The number of carbonyl (C=O) groups excluding carboxylic acids is 2. The van der Waals surface area contributed by atoms with E-state index in [2.05, 4.69) is 55.4 Å². The molecule has 0 atom stereocenters. The first-order valence-electron chi connectivity index (χ1n) is 12.5. The van der Waals surface area contributed by atoms with Gasteiger partial charge in [-0.15, -0.1) is 0 Å². The van der Waals surface area contributed by atoms with E-state index in [1.54, 1.807) is 0 Å². The summed E-state index contributed by atoms with van der Waals surface area (Å²) in [5.41, 5.74) is 6.10. The molecular weight excluding hydrogens is 410 g/mol. The van der Waals surface area contributed by atoms with Crippen LogP contribution >= 0.6 is 0 Å². The number of hydrogen-bond acceptors (Lipinski definition) is 4. The lowest BCUT2D eigenvalue weighted by molar-refractivity contribution is -0.140. The van der Waals surface area contributed by atoms with E-state index in [9.17, 15) is 9.59 Å². The Morgan fingerprint density at radius 3 is 2.30 bits per heavy atom. The maximum Gasteiger partial charge on any atom is 0.331 e. The third-order valence-corrected chi connectivity index (χ3v) is 7.39. The second-order valence-corrected chi connectivity index (χ2v) is 9.69. The molecule has 2 aromatic carbocycles. The molecule has 2 aromatic rings. The van der Waals surface area contributed by atoms with Crippen molar-refractivity contribution < 1.29 is 14.4 Å². The minimum absolute atomic E-state index is 0.0651. The topological polar surface area (TPSA) is 55.7 Å². The lowest BCUT2D eigenvalue weighted by atomic mass is 9.71. The van der Waals surface area contributed by atoms with Crippen molar-refractivity contribution in [1.82, 2.24) is 0 Å². The third-order valence-electron chi connectivity index (χ3n) is 7.39. The molecule has 1 saturated carbocycles. The predicted molar refractivity (Wildman–Crippen MR) is 133 cm³/mol. The van der Waals surface area contributed by atoms with Gasteiger partial charge in [0.1, 0.15) is 5.71 Å². The van der Waals surface area contributed by atoms with Crippen LogP contribution in [0, 0.1) is 5.92 Å². The Labute approximate surface area is 197 Å². The Morgan fingerprint density at radius 2 is 1.64 bits per heavy atom. The monoisotopic (exact) mass is 445 g/mol. The van der Waals surface area contributed by atoms with Crippen LogP contribution in [0.5, 0.6) is 0 Å². The van der Waals surface area contributed by atoms with Crippen LogP contribution in [0.1, 0.15) is 100 Å². The Kier molecular flexibility index (Phi) is 7.11. The highest BCUT2D eigenvalue weighted by atomic mass is 16.7. The SMILES string of the molecule is CCCC1(CCC)c2ccccc2-c2ccc(C(=O)/C(CC3CCCC3)=N/OC(C)=O)cc21. The summed E-state index contributed by atoms with van der Waals surface area (Å²) in [6.07, 6.45) is 9.40. The molecule has 0 bridgehead atoms. The molecule has 4 heteroatoms. The molecule has 174 valence electrons. The average Bonchev–Trinajstić information content (AvgIpc) is 3.42. The molecule has 4 rings (SSSR count). The lowest BCUT2D eigenvalue weighted by Gasteiger charge is -2.32. The smallest absolute Gasteiger partial charge is 0.318 e. The molecule has 2 aliphatic rings. The fraction of sp³-hybridized carbons (Fsp3) is 0.483. The van der Waals surface area contributed by atoms with Crippen molar-refractivity contribution >= 4 is 17.5 Å². The zero-order chi connectivity index (χ0) is 23.4. The van der Waals surface area contributed by atoms with E-state index >= 15 is 0 Å². The van der Waals surface area contributed by atoms with Crippen molar-refractivity contribution in [3.63, 3.8) is 0 Å². The molecule has 33 heavy (non-hydrogen) atoms. The molecule has 0 aliphatic heterocycles. The number of nitrogens with zero attached hydrogens (tertiary/aromatic N) is 1. The van der Waals surface area contributed by atoms with Crippen molar-refractivity contribution in [3.8, 4) is 11.1 Å². The summed E-state index contributed by atoms with van der Waals surface area (Å²) in [6, 6.07) is 14.8. The van der Waals surface area contributed by atoms with Crippen LogP contribution in [0.4, 0.5) is 0 Å². The molecule has 0 unspecified atom stereocenters. The summed E-state index contributed by atoms with van der Waals surface area (Å²) in [6.45, 7) is 5.79. The Balaban J connectivity index is 1.75. The van der Waals surface area contributed by atoms with Crippen LogP contribution in [0.15, 0.2) is 47.6 Å². The normalized spacial score (nSPS) is 17.0. The van der Waals surface area contributed by atoms with Crippen LogP contribution in [0.2, 0.25) is 0 Å². The van der Waals surface area contributed by atoms with Gasteiger partial charge in [-0.2, -0.15) is 0 Å². The predicted octanol–water partition coefficient (Wildman–Crippen LogP) is 7.24. The molecule has 0 saturated heterocycles. The van der Waals surface area contributed by atoms with E-state index in [4.69, 9.17) is 4.84 Å². The first-order chi connectivity index (χ1) is 16.0. The van der Waals surface area contributed by atoms with Gasteiger partial charge in [-0.1, -0.05) is 93.9 Å². The number of ketones is 1. The fourth-order valence-corrected chi connectivity index (χ4v) is 6.06. The number of carbonyl (C=O) groups is 2. The first-order valence-corrected chi connectivity index (χ1v) is 12.5. The van der Waals surface area contributed by atoms with Crippen molar-refractivity contribution in [2.75, 3.05) is 0 Å². The number of rotatable bonds is 9. The molecule has 0 heterocycles. The van der Waals surface area contributed by atoms with Gasteiger partial charge in [0.25, 0.3) is 0 Å². The van der Waals surface area contributed by atoms with E-state index in [0.29, 0.717) is 23.6 Å². The molecule has 0 radical (unpaired) electrons. The Morgan fingerprint density at radius 1 is 0.970 bits per heavy atom. The van der Waals surface area contributed by atoms with Crippen molar-refractivity contribution in [1.29, 1.82) is 0 Å². The molecule has 1 fully saturated rings. The zero-order valence-electron chi connectivity index (χ0n) is 20.2. The van der Waals surface area contributed by atoms with Crippen LogP contribution < -0.4 is 0 Å². The first kappa shape index (κ1) is 23.4. The molecule has 0 N–H and O–H groups in total. The molecular formula is C29H35NO3. The van der Waals surface area contributed by atoms with E-state index < -0.39 is 5.97 Å². The highest BCUT2D eigenvalue weighted by molar-refractivity contribution is 6.46. The zero-order valence-corrected chi connectivity index (χ0v) is 20.2. The standard InChI is InChI=1S/C29H35NO3/c1-4-16-29(17-5-2)25-13-9-8-12-23(25)24-15-14-22(19-26(24)29)28(32)27(30-33-20(3)31)18-21-10-6-7-11-21/h8-9,12-15,19,21H,4-7,10-11,16-18H2,1-3H3/b30-27+. The van der Waals surface area contributed by atoms with Gasteiger partial charge in [0.2, 0.25) is 5.78 Å². The van der Waals surface area contributed by atoms with Crippen molar-refractivity contribution in [3.05, 3.63) is 59.2 Å².